The quantitative estimate of drug-likeness (QED) is 0.283. The minimum absolute atomic E-state index is 0.0765. The van der Waals surface area contributed by atoms with Crippen LogP contribution in [0.4, 0.5) is 11.4 Å². The molecule has 0 unspecified atom stereocenters. The minimum atomic E-state index is -0.802. The zero-order valence-corrected chi connectivity index (χ0v) is 20.1. The second-order valence-corrected chi connectivity index (χ2v) is 7.83. The van der Waals surface area contributed by atoms with Gasteiger partial charge in [-0.25, -0.2) is 4.79 Å². The first-order valence-corrected chi connectivity index (χ1v) is 11.3. The SMILES string of the molecule is CCOc1cc(C(=O)OCC(=O)Nc2ccc(Cl)c([N+](=O)[O-])c2)ccc1OCC(=O)N1CCOCC1. The van der Waals surface area contributed by atoms with Crippen LogP contribution in [0.3, 0.4) is 0 Å². The standard InChI is InChI=1S/C23H24ClN3O9/c1-2-34-20-11-15(3-6-19(20)35-14-22(29)26-7-9-33-10-8-26)23(30)36-13-21(28)25-16-4-5-17(24)18(12-16)27(31)32/h3-6,11-12H,2,7-10,13-14H2,1H3,(H,25,28). The molecule has 192 valence electrons. The molecule has 1 aliphatic rings. The normalized spacial score (nSPS) is 13.0. The molecule has 3 rings (SSSR count). The van der Waals surface area contributed by atoms with Crippen molar-refractivity contribution in [2.75, 3.05) is 51.4 Å². The van der Waals surface area contributed by atoms with Gasteiger partial charge in [-0.15, -0.1) is 0 Å². The Morgan fingerprint density at radius 2 is 1.83 bits per heavy atom. The van der Waals surface area contributed by atoms with Crippen molar-refractivity contribution in [3.05, 3.63) is 57.1 Å². The highest BCUT2D eigenvalue weighted by molar-refractivity contribution is 6.32. The topological polar surface area (TPSA) is 147 Å². The number of benzene rings is 2. The van der Waals surface area contributed by atoms with Crippen LogP contribution in [-0.2, 0) is 19.1 Å². The number of esters is 1. The molecule has 1 aliphatic heterocycles. The van der Waals surface area contributed by atoms with Crippen molar-refractivity contribution in [3.63, 3.8) is 0 Å². The number of rotatable bonds is 10. The lowest BCUT2D eigenvalue weighted by atomic mass is 10.2. The second kappa shape index (κ2) is 12.7. The van der Waals surface area contributed by atoms with Crippen LogP contribution in [0.2, 0.25) is 5.02 Å². The van der Waals surface area contributed by atoms with Gasteiger partial charge in [-0.3, -0.25) is 19.7 Å². The fraction of sp³-hybridized carbons (Fsp3) is 0.348. The highest BCUT2D eigenvalue weighted by Crippen LogP contribution is 2.29. The number of carbonyl (C=O) groups is 3. The number of nitrogens with one attached hydrogen (secondary N) is 1. The molecule has 0 atom stereocenters. The minimum Gasteiger partial charge on any atom is -0.490 e. The van der Waals surface area contributed by atoms with Crippen LogP contribution >= 0.6 is 11.6 Å². The predicted molar refractivity (Wildman–Crippen MR) is 128 cm³/mol. The maximum Gasteiger partial charge on any atom is 0.338 e. The maximum absolute atomic E-state index is 12.5. The number of morpholine rings is 1. The Morgan fingerprint density at radius 3 is 2.53 bits per heavy atom. The predicted octanol–water partition coefficient (Wildman–Crippen LogP) is 2.68. The number of amides is 2. The van der Waals surface area contributed by atoms with E-state index >= 15 is 0 Å². The zero-order valence-electron chi connectivity index (χ0n) is 19.4. The summed E-state index contributed by atoms with van der Waals surface area (Å²) >= 11 is 5.75. The molecule has 13 heteroatoms. The number of nitro benzene ring substituents is 1. The van der Waals surface area contributed by atoms with Crippen LogP contribution in [0.1, 0.15) is 17.3 Å². The van der Waals surface area contributed by atoms with E-state index in [0.29, 0.717) is 26.3 Å². The van der Waals surface area contributed by atoms with E-state index in [-0.39, 0.29) is 52.6 Å². The van der Waals surface area contributed by atoms with Crippen molar-refractivity contribution in [1.29, 1.82) is 0 Å². The number of carbonyl (C=O) groups excluding carboxylic acids is 3. The van der Waals surface area contributed by atoms with Gasteiger partial charge in [-0.05, 0) is 37.3 Å². The van der Waals surface area contributed by atoms with Gasteiger partial charge in [-0.2, -0.15) is 0 Å². The molecule has 2 aromatic carbocycles. The molecule has 1 fully saturated rings. The van der Waals surface area contributed by atoms with Crippen molar-refractivity contribution < 1.29 is 38.3 Å². The van der Waals surface area contributed by atoms with Gasteiger partial charge in [0.15, 0.2) is 24.7 Å². The monoisotopic (exact) mass is 521 g/mol. The van der Waals surface area contributed by atoms with Gasteiger partial charge in [0.05, 0.1) is 30.3 Å². The molecule has 1 heterocycles. The molecule has 0 saturated carbocycles. The second-order valence-electron chi connectivity index (χ2n) is 7.42. The average Bonchev–Trinajstić information content (AvgIpc) is 2.88. The van der Waals surface area contributed by atoms with Gasteiger partial charge in [0.2, 0.25) is 0 Å². The highest BCUT2D eigenvalue weighted by atomic mass is 35.5. The first-order valence-electron chi connectivity index (χ1n) is 10.9. The Labute approximate surface area is 211 Å². The van der Waals surface area contributed by atoms with Crippen molar-refractivity contribution >= 4 is 40.8 Å². The summed E-state index contributed by atoms with van der Waals surface area (Å²) in [5, 5.41) is 13.3. The molecule has 0 radical (unpaired) electrons. The van der Waals surface area contributed by atoms with Crippen LogP contribution in [0.5, 0.6) is 11.5 Å². The average molecular weight is 522 g/mol. The lowest BCUT2D eigenvalue weighted by Gasteiger charge is -2.26. The van der Waals surface area contributed by atoms with E-state index in [4.69, 9.17) is 30.5 Å². The van der Waals surface area contributed by atoms with Crippen molar-refractivity contribution in [3.8, 4) is 11.5 Å². The van der Waals surface area contributed by atoms with Crippen molar-refractivity contribution in [2.24, 2.45) is 0 Å². The zero-order chi connectivity index (χ0) is 26.1. The number of hydrogen-bond acceptors (Lipinski definition) is 9. The molecular formula is C23H24ClN3O9. The smallest absolute Gasteiger partial charge is 0.338 e. The van der Waals surface area contributed by atoms with E-state index in [1.165, 1.54) is 30.3 Å². The summed E-state index contributed by atoms with van der Waals surface area (Å²) in [6, 6.07) is 8.03. The first kappa shape index (κ1) is 26.7. The maximum atomic E-state index is 12.5. The Hall–Kier alpha value is -3.90. The summed E-state index contributed by atoms with van der Waals surface area (Å²) < 4.78 is 21.4. The molecule has 0 spiro atoms. The van der Waals surface area contributed by atoms with Gasteiger partial charge >= 0.3 is 5.97 Å². The molecule has 2 amide bonds. The van der Waals surface area contributed by atoms with Gasteiger partial charge in [0.25, 0.3) is 17.5 Å². The van der Waals surface area contributed by atoms with Crippen molar-refractivity contribution in [2.45, 2.75) is 6.92 Å². The lowest BCUT2D eigenvalue weighted by Crippen LogP contribution is -2.43. The summed E-state index contributed by atoms with van der Waals surface area (Å²) in [5.41, 5.74) is -0.150. The Bertz CT molecular complexity index is 1140. The third-order valence-electron chi connectivity index (χ3n) is 4.96. The van der Waals surface area contributed by atoms with E-state index < -0.39 is 23.4 Å². The molecule has 0 aromatic heterocycles. The van der Waals surface area contributed by atoms with E-state index in [1.54, 1.807) is 11.8 Å². The van der Waals surface area contributed by atoms with E-state index in [0.717, 1.165) is 6.07 Å². The number of hydrogen-bond donors (Lipinski definition) is 1. The Kier molecular flexibility index (Phi) is 9.42. The number of nitro groups is 1. The van der Waals surface area contributed by atoms with Crippen LogP contribution < -0.4 is 14.8 Å². The van der Waals surface area contributed by atoms with Gasteiger partial charge in [0.1, 0.15) is 5.02 Å². The van der Waals surface area contributed by atoms with E-state index in [2.05, 4.69) is 5.32 Å². The third-order valence-corrected chi connectivity index (χ3v) is 5.27. The lowest BCUT2D eigenvalue weighted by molar-refractivity contribution is -0.384. The summed E-state index contributed by atoms with van der Waals surface area (Å²) in [5.74, 6) is -1.19. The summed E-state index contributed by atoms with van der Waals surface area (Å²) in [4.78, 5) is 48.8. The Balaban J connectivity index is 1.57. The fourth-order valence-corrected chi connectivity index (χ4v) is 3.39. The largest absolute Gasteiger partial charge is 0.490 e. The van der Waals surface area contributed by atoms with E-state index in [1.807, 2.05) is 0 Å². The third kappa shape index (κ3) is 7.30. The number of anilines is 1. The van der Waals surface area contributed by atoms with Crippen LogP contribution in [0, 0.1) is 10.1 Å². The molecule has 0 aliphatic carbocycles. The van der Waals surface area contributed by atoms with Gasteiger partial charge in [0, 0.05) is 24.8 Å². The van der Waals surface area contributed by atoms with E-state index in [9.17, 15) is 24.5 Å². The molecule has 1 N–H and O–H groups in total. The summed E-state index contributed by atoms with van der Waals surface area (Å²) in [6.07, 6.45) is 0. The summed E-state index contributed by atoms with van der Waals surface area (Å²) in [6.45, 7) is 3.13. The number of ether oxygens (including phenoxy) is 4. The molecule has 36 heavy (non-hydrogen) atoms. The van der Waals surface area contributed by atoms with Crippen molar-refractivity contribution in [1.82, 2.24) is 4.90 Å². The molecule has 2 aromatic rings. The van der Waals surface area contributed by atoms with Crippen LogP contribution in [-0.4, -0.2) is 73.7 Å². The van der Waals surface area contributed by atoms with Gasteiger partial charge in [-0.1, -0.05) is 11.6 Å². The molecule has 0 bridgehead atoms. The van der Waals surface area contributed by atoms with Crippen LogP contribution in [0.25, 0.3) is 0 Å². The Morgan fingerprint density at radius 1 is 1.08 bits per heavy atom. The highest BCUT2D eigenvalue weighted by Gasteiger charge is 2.20. The number of halogens is 1. The number of nitrogens with zero attached hydrogens (tertiary/aromatic N) is 2. The molecule has 1 saturated heterocycles. The first-order chi connectivity index (χ1) is 17.3. The molecule has 12 nitrogen and oxygen atoms in total. The van der Waals surface area contributed by atoms with Gasteiger partial charge < -0.3 is 29.2 Å². The molecular weight excluding hydrogens is 498 g/mol. The summed E-state index contributed by atoms with van der Waals surface area (Å²) in [7, 11) is 0. The fourth-order valence-electron chi connectivity index (χ4n) is 3.21. The van der Waals surface area contributed by atoms with Crippen LogP contribution in [0.15, 0.2) is 36.4 Å².